The lowest BCUT2D eigenvalue weighted by atomic mass is 10.2. The largest absolute Gasteiger partial charge is 0.272 e. The molecule has 0 aliphatic heterocycles. The van der Waals surface area contributed by atoms with Gasteiger partial charge in [-0.15, -0.1) is 0 Å². The van der Waals surface area contributed by atoms with Crippen molar-refractivity contribution in [1.29, 1.82) is 0 Å². The first-order chi connectivity index (χ1) is 5.74. The first kappa shape index (κ1) is 8.64. The monoisotopic (exact) mass is 166 g/mol. The Bertz CT molecular complexity index is 286. The molecule has 0 saturated heterocycles. The minimum atomic E-state index is -0.402. The molecule has 4 nitrogen and oxygen atoms in total. The van der Waals surface area contributed by atoms with E-state index in [-0.39, 0.29) is 5.69 Å². The summed E-state index contributed by atoms with van der Waals surface area (Å²) in [6.07, 6.45) is 3.22. The van der Waals surface area contributed by atoms with E-state index in [0.717, 1.165) is 18.5 Å². The van der Waals surface area contributed by atoms with Crippen LogP contribution >= 0.6 is 0 Å². The van der Waals surface area contributed by atoms with Crippen LogP contribution in [0.1, 0.15) is 19.0 Å². The van der Waals surface area contributed by atoms with Gasteiger partial charge in [-0.25, -0.2) is 0 Å². The van der Waals surface area contributed by atoms with E-state index in [0.29, 0.717) is 0 Å². The Labute approximate surface area is 70.4 Å². The van der Waals surface area contributed by atoms with Crippen LogP contribution in [-0.4, -0.2) is 9.91 Å². The van der Waals surface area contributed by atoms with E-state index >= 15 is 0 Å². The van der Waals surface area contributed by atoms with Crippen molar-refractivity contribution in [3.05, 3.63) is 34.1 Å². The van der Waals surface area contributed by atoms with Crippen molar-refractivity contribution in [3.63, 3.8) is 0 Å². The second-order valence-corrected chi connectivity index (χ2v) is 2.51. The van der Waals surface area contributed by atoms with E-state index in [1.54, 1.807) is 0 Å². The summed E-state index contributed by atoms with van der Waals surface area (Å²) in [5.41, 5.74) is 0.903. The fraction of sp³-hybridized carbons (Fsp3) is 0.375. The van der Waals surface area contributed by atoms with Crippen molar-refractivity contribution < 1.29 is 4.92 Å². The van der Waals surface area contributed by atoms with Crippen molar-refractivity contribution in [2.24, 2.45) is 0 Å². The average Bonchev–Trinajstić information content (AvgIpc) is 2.05. The average molecular weight is 166 g/mol. The molecule has 0 spiro atoms. The maximum Gasteiger partial charge on any atom is 0.272 e. The summed E-state index contributed by atoms with van der Waals surface area (Å²) in [6, 6.07) is 2.92. The first-order valence-electron chi connectivity index (χ1n) is 3.83. The lowest BCUT2D eigenvalue weighted by Crippen LogP contribution is -1.92. The molecule has 1 aromatic heterocycles. The van der Waals surface area contributed by atoms with Gasteiger partial charge in [0.2, 0.25) is 0 Å². The molecule has 64 valence electrons. The normalized spacial score (nSPS) is 9.75. The maximum absolute atomic E-state index is 10.3. The van der Waals surface area contributed by atoms with Crippen LogP contribution in [0.5, 0.6) is 0 Å². The van der Waals surface area contributed by atoms with Crippen LogP contribution in [0.4, 0.5) is 5.69 Å². The van der Waals surface area contributed by atoms with E-state index in [2.05, 4.69) is 4.98 Å². The molecule has 0 aliphatic carbocycles. The molecule has 0 N–H and O–H groups in total. The summed E-state index contributed by atoms with van der Waals surface area (Å²) in [4.78, 5) is 13.9. The Morgan fingerprint density at radius 2 is 2.42 bits per heavy atom. The summed E-state index contributed by atoms with van der Waals surface area (Å²) >= 11 is 0. The second-order valence-electron chi connectivity index (χ2n) is 2.51. The van der Waals surface area contributed by atoms with Crippen molar-refractivity contribution >= 4 is 5.69 Å². The highest BCUT2D eigenvalue weighted by Crippen LogP contribution is 2.11. The van der Waals surface area contributed by atoms with Crippen LogP contribution in [0.3, 0.4) is 0 Å². The van der Waals surface area contributed by atoms with E-state index < -0.39 is 4.92 Å². The highest BCUT2D eigenvalue weighted by Gasteiger charge is 2.05. The zero-order valence-electron chi connectivity index (χ0n) is 6.86. The van der Waals surface area contributed by atoms with Gasteiger partial charge in [0.05, 0.1) is 4.92 Å². The number of nitrogens with zero attached hydrogens (tertiary/aromatic N) is 2. The summed E-state index contributed by atoms with van der Waals surface area (Å²) in [6.45, 7) is 2.01. The SMILES string of the molecule is CCCc1cc([N+](=O)[O-])ccn1. The molecule has 0 fully saturated rings. The zero-order valence-corrected chi connectivity index (χ0v) is 6.86. The fourth-order valence-corrected chi connectivity index (χ4v) is 0.972. The molecule has 0 radical (unpaired) electrons. The van der Waals surface area contributed by atoms with E-state index in [1.165, 1.54) is 18.3 Å². The van der Waals surface area contributed by atoms with Crippen LogP contribution < -0.4 is 0 Å². The van der Waals surface area contributed by atoms with Crippen LogP contribution in [0.2, 0.25) is 0 Å². The van der Waals surface area contributed by atoms with Gasteiger partial charge in [-0.1, -0.05) is 13.3 Å². The van der Waals surface area contributed by atoms with Crippen LogP contribution in [0.25, 0.3) is 0 Å². The number of pyridine rings is 1. The Morgan fingerprint density at radius 1 is 1.67 bits per heavy atom. The van der Waals surface area contributed by atoms with E-state index in [4.69, 9.17) is 0 Å². The number of rotatable bonds is 3. The fourth-order valence-electron chi connectivity index (χ4n) is 0.972. The molecule has 1 aromatic rings. The number of hydrogen-bond donors (Lipinski definition) is 0. The predicted octanol–water partition coefficient (Wildman–Crippen LogP) is 1.94. The standard InChI is InChI=1S/C8H10N2O2/c1-2-3-7-6-8(10(11)12)4-5-9-7/h4-6H,2-3H2,1H3. The molecule has 1 heterocycles. The number of aromatic nitrogens is 1. The van der Waals surface area contributed by atoms with Crippen molar-refractivity contribution in [1.82, 2.24) is 4.98 Å². The molecule has 0 saturated carbocycles. The molecule has 0 amide bonds. The smallest absolute Gasteiger partial charge is 0.261 e. The third-order valence-corrected chi connectivity index (χ3v) is 1.52. The van der Waals surface area contributed by atoms with Crippen LogP contribution in [0.15, 0.2) is 18.3 Å². The molecular weight excluding hydrogens is 156 g/mol. The third kappa shape index (κ3) is 2.02. The third-order valence-electron chi connectivity index (χ3n) is 1.52. The minimum Gasteiger partial charge on any atom is -0.261 e. The maximum atomic E-state index is 10.3. The minimum absolute atomic E-state index is 0.119. The van der Waals surface area contributed by atoms with Gasteiger partial charge in [-0.3, -0.25) is 15.1 Å². The lowest BCUT2D eigenvalue weighted by Gasteiger charge is -1.95. The van der Waals surface area contributed by atoms with Crippen LogP contribution in [-0.2, 0) is 6.42 Å². The first-order valence-corrected chi connectivity index (χ1v) is 3.83. The van der Waals surface area contributed by atoms with Gasteiger partial charge in [0.15, 0.2) is 0 Å². The molecule has 0 aromatic carbocycles. The van der Waals surface area contributed by atoms with Gasteiger partial charge < -0.3 is 0 Å². The van der Waals surface area contributed by atoms with Crippen molar-refractivity contribution in [3.8, 4) is 0 Å². The molecule has 12 heavy (non-hydrogen) atoms. The lowest BCUT2D eigenvalue weighted by molar-refractivity contribution is -0.385. The molecule has 0 bridgehead atoms. The number of hydrogen-bond acceptors (Lipinski definition) is 3. The summed E-state index contributed by atoms with van der Waals surface area (Å²) < 4.78 is 0. The number of nitro groups is 1. The van der Waals surface area contributed by atoms with Gasteiger partial charge in [-0.05, 0) is 6.42 Å². The summed E-state index contributed by atoms with van der Waals surface area (Å²) in [5, 5.41) is 10.3. The molecule has 0 atom stereocenters. The Kier molecular flexibility index (Phi) is 2.74. The molecule has 1 rings (SSSR count). The van der Waals surface area contributed by atoms with Gasteiger partial charge in [0, 0.05) is 24.0 Å². The molecular formula is C8H10N2O2. The Balaban J connectivity index is 2.88. The Morgan fingerprint density at radius 3 is 3.00 bits per heavy atom. The highest BCUT2D eigenvalue weighted by molar-refractivity contribution is 5.29. The van der Waals surface area contributed by atoms with E-state index in [1.807, 2.05) is 6.92 Å². The molecule has 0 unspecified atom stereocenters. The van der Waals surface area contributed by atoms with Gasteiger partial charge in [0.1, 0.15) is 0 Å². The van der Waals surface area contributed by atoms with Gasteiger partial charge >= 0.3 is 0 Å². The van der Waals surface area contributed by atoms with Gasteiger partial charge in [-0.2, -0.15) is 0 Å². The highest BCUT2D eigenvalue weighted by atomic mass is 16.6. The molecule has 4 heteroatoms. The quantitative estimate of drug-likeness (QED) is 0.509. The zero-order chi connectivity index (χ0) is 8.97. The van der Waals surface area contributed by atoms with Crippen molar-refractivity contribution in [2.45, 2.75) is 19.8 Å². The number of aryl methyl sites for hydroxylation is 1. The van der Waals surface area contributed by atoms with Crippen molar-refractivity contribution in [2.75, 3.05) is 0 Å². The summed E-state index contributed by atoms with van der Waals surface area (Å²) in [7, 11) is 0. The topological polar surface area (TPSA) is 56.0 Å². The predicted molar refractivity (Wildman–Crippen MR) is 44.9 cm³/mol. The summed E-state index contributed by atoms with van der Waals surface area (Å²) in [5.74, 6) is 0. The molecule has 0 aliphatic rings. The van der Waals surface area contributed by atoms with Crippen LogP contribution in [0, 0.1) is 10.1 Å². The van der Waals surface area contributed by atoms with E-state index in [9.17, 15) is 10.1 Å². The Hall–Kier alpha value is -1.45. The van der Waals surface area contributed by atoms with Gasteiger partial charge in [0.25, 0.3) is 5.69 Å². The second kappa shape index (κ2) is 3.80.